The molecule has 1 atom stereocenters. The summed E-state index contributed by atoms with van der Waals surface area (Å²) in [6.07, 6.45) is 2.60. The molecule has 1 aromatic rings. The molecule has 0 radical (unpaired) electrons. The van der Waals surface area contributed by atoms with Gasteiger partial charge in [-0.2, -0.15) is 0 Å². The summed E-state index contributed by atoms with van der Waals surface area (Å²) < 4.78 is 11.4. The summed E-state index contributed by atoms with van der Waals surface area (Å²) in [5.74, 6) is -0.312. The summed E-state index contributed by atoms with van der Waals surface area (Å²) in [4.78, 5) is 10.5. The number of carbonyl (C=O) groups is 1. The van der Waals surface area contributed by atoms with Crippen LogP contribution in [0.5, 0.6) is 5.75 Å². The predicted octanol–water partition coefficient (Wildman–Crippen LogP) is 2.96. The molecule has 1 N–H and O–H groups in total. The lowest BCUT2D eigenvalue weighted by Crippen LogP contribution is -2.15. The molecule has 0 heterocycles. The Labute approximate surface area is 114 Å². The molecule has 0 bridgehead atoms. The van der Waals surface area contributed by atoms with Crippen molar-refractivity contribution in [3.8, 4) is 5.75 Å². The van der Waals surface area contributed by atoms with E-state index in [9.17, 15) is 4.79 Å². The van der Waals surface area contributed by atoms with E-state index < -0.39 is 5.97 Å². The van der Waals surface area contributed by atoms with Crippen molar-refractivity contribution in [2.24, 2.45) is 0 Å². The number of rotatable bonds is 6. The molecule has 0 amide bonds. The first-order valence-corrected chi connectivity index (χ1v) is 6.18. The molecule has 0 saturated carbocycles. The monoisotopic (exact) mass is 314 g/mol. The van der Waals surface area contributed by atoms with Crippen LogP contribution in [-0.2, 0) is 9.53 Å². The summed E-state index contributed by atoms with van der Waals surface area (Å²) >= 11 is 3.35. The Hall–Kier alpha value is -1.33. The predicted molar refractivity (Wildman–Crippen MR) is 72.8 cm³/mol. The third-order valence-electron chi connectivity index (χ3n) is 2.26. The average Bonchev–Trinajstić information content (AvgIpc) is 2.35. The maximum Gasteiger partial charge on any atom is 0.328 e. The van der Waals surface area contributed by atoms with E-state index in [4.69, 9.17) is 14.6 Å². The largest absolute Gasteiger partial charge is 0.491 e. The van der Waals surface area contributed by atoms with Crippen molar-refractivity contribution in [2.75, 3.05) is 13.7 Å². The van der Waals surface area contributed by atoms with Crippen LogP contribution in [0.15, 0.2) is 28.7 Å². The van der Waals surface area contributed by atoms with Crippen molar-refractivity contribution < 1.29 is 19.4 Å². The van der Waals surface area contributed by atoms with Crippen molar-refractivity contribution in [3.05, 3.63) is 34.3 Å². The zero-order chi connectivity index (χ0) is 13.5. The first kappa shape index (κ1) is 14.7. The Morgan fingerprint density at radius 3 is 2.89 bits per heavy atom. The van der Waals surface area contributed by atoms with Gasteiger partial charge in [0.25, 0.3) is 0 Å². The van der Waals surface area contributed by atoms with Crippen LogP contribution in [0.4, 0.5) is 0 Å². The molecule has 0 aromatic heterocycles. The van der Waals surface area contributed by atoms with Gasteiger partial charge in [-0.15, -0.1) is 0 Å². The number of benzene rings is 1. The fourth-order valence-electron chi connectivity index (χ4n) is 1.18. The molecule has 0 aliphatic carbocycles. The number of carboxylic acids is 1. The standard InChI is InChI=1S/C13H15BrO4/c1-9(17-2)8-18-11-4-5-12(14)10(7-11)3-6-13(15)16/h3-7,9H,8H2,1-2H3,(H,15,16)/b6-3+. The van der Waals surface area contributed by atoms with E-state index in [0.717, 1.165) is 16.1 Å². The van der Waals surface area contributed by atoms with Crippen LogP contribution in [0.2, 0.25) is 0 Å². The van der Waals surface area contributed by atoms with Crippen LogP contribution in [0.1, 0.15) is 12.5 Å². The lowest BCUT2D eigenvalue weighted by atomic mass is 10.2. The van der Waals surface area contributed by atoms with E-state index in [0.29, 0.717) is 12.4 Å². The molecule has 0 saturated heterocycles. The second kappa shape index (κ2) is 7.18. The molecule has 1 rings (SSSR count). The summed E-state index contributed by atoms with van der Waals surface area (Å²) in [7, 11) is 1.62. The van der Waals surface area contributed by atoms with Crippen molar-refractivity contribution in [1.82, 2.24) is 0 Å². The Morgan fingerprint density at radius 1 is 1.56 bits per heavy atom. The Bertz CT molecular complexity index is 443. The number of carboxylic acid groups (broad SMARTS) is 1. The van der Waals surface area contributed by atoms with Crippen LogP contribution in [0.25, 0.3) is 6.08 Å². The quantitative estimate of drug-likeness (QED) is 0.820. The van der Waals surface area contributed by atoms with Gasteiger partial charge in [-0.1, -0.05) is 15.9 Å². The maximum absolute atomic E-state index is 10.5. The van der Waals surface area contributed by atoms with E-state index in [2.05, 4.69) is 15.9 Å². The smallest absolute Gasteiger partial charge is 0.328 e. The highest BCUT2D eigenvalue weighted by Crippen LogP contribution is 2.24. The molecule has 4 nitrogen and oxygen atoms in total. The van der Waals surface area contributed by atoms with E-state index in [-0.39, 0.29) is 6.10 Å². The van der Waals surface area contributed by atoms with Gasteiger partial charge in [0.05, 0.1) is 6.10 Å². The number of ether oxygens (including phenoxy) is 2. The minimum Gasteiger partial charge on any atom is -0.491 e. The van der Waals surface area contributed by atoms with Gasteiger partial charge in [-0.25, -0.2) is 4.79 Å². The van der Waals surface area contributed by atoms with Crippen LogP contribution < -0.4 is 4.74 Å². The summed E-state index contributed by atoms with van der Waals surface area (Å²) in [6, 6.07) is 5.39. The molecule has 1 aromatic carbocycles. The second-order valence-corrected chi connectivity index (χ2v) is 4.57. The molecule has 5 heteroatoms. The van der Waals surface area contributed by atoms with E-state index in [1.165, 1.54) is 6.08 Å². The average molecular weight is 315 g/mol. The SMILES string of the molecule is COC(C)COc1ccc(Br)c(/C=C/C(=O)O)c1. The highest BCUT2D eigenvalue weighted by Gasteiger charge is 2.03. The second-order valence-electron chi connectivity index (χ2n) is 3.71. The topological polar surface area (TPSA) is 55.8 Å². The highest BCUT2D eigenvalue weighted by atomic mass is 79.9. The van der Waals surface area contributed by atoms with Gasteiger partial charge in [-0.3, -0.25) is 0 Å². The van der Waals surface area contributed by atoms with Gasteiger partial charge in [0, 0.05) is 17.7 Å². The zero-order valence-electron chi connectivity index (χ0n) is 10.2. The van der Waals surface area contributed by atoms with Crippen molar-refractivity contribution in [3.63, 3.8) is 0 Å². The number of hydrogen-bond acceptors (Lipinski definition) is 3. The number of hydrogen-bond donors (Lipinski definition) is 1. The molecule has 0 aliphatic heterocycles. The molecule has 0 aliphatic rings. The van der Waals surface area contributed by atoms with Gasteiger partial charge < -0.3 is 14.6 Å². The highest BCUT2D eigenvalue weighted by molar-refractivity contribution is 9.10. The van der Waals surface area contributed by atoms with Crippen LogP contribution in [0.3, 0.4) is 0 Å². The number of halogens is 1. The van der Waals surface area contributed by atoms with Crippen LogP contribution in [0, 0.1) is 0 Å². The fraction of sp³-hybridized carbons (Fsp3) is 0.308. The molecular weight excluding hydrogens is 300 g/mol. The molecule has 18 heavy (non-hydrogen) atoms. The maximum atomic E-state index is 10.5. The van der Waals surface area contributed by atoms with Gasteiger partial charge >= 0.3 is 5.97 Å². The Morgan fingerprint density at radius 2 is 2.28 bits per heavy atom. The minimum atomic E-state index is -0.985. The Kier molecular flexibility index (Phi) is 5.88. The summed E-state index contributed by atoms with van der Waals surface area (Å²) in [6.45, 7) is 2.35. The number of methoxy groups -OCH3 is 1. The Balaban J connectivity index is 2.77. The first-order chi connectivity index (χ1) is 8.52. The van der Waals surface area contributed by atoms with E-state index in [1.54, 1.807) is 13.2 Å². The van der Waals surface area contributed by atoms with Gasteiger partial charge in [-0.05, 0) is 36.8 Å². The van der Waals surface area contributed by atoms with Crippen molar-refractivity contribution >= 4 is 28.0 Å². The third-order valence-corrected chi connectivity index (χ3v) is 2.98. The first-order valence-electron chi connectivity index (χ1n) is 5.39. The molecule has 0 spiro atoms. The number of aliphatic carboxylic acids is 1. The van der Waals surface area contributed by atoms with Crippen molar-refractivity contribution in [1.29, 1.82) is 0 Å². The van der Waals surface area contributed by atoms with E-state index in [1.807, 2.05) is 19.1 Å². The zero-order valence-corrected chi connectivity index (χ0v) is 11.8. The van der Waals surface area contributed by atoms with Gasteiger partial charge in [0.2, 0.25) is 0 Å². The van der Waals surface area contributed by atoms with Gasteiger partial charge in [0.15, 0.2) is 0 Å². The lowest BCUT2D eigenvalue weighted by Gasteiger charge is -2.12. The normalized spacial score (nSPS) is 12.6. The lowest BCUT2D eigenvalue weighted by molar-refractivity contribution is -0.131. The van der Waals surface area contributed by atoms with Crippen LogP contribution in [-0.4, -0.2) is 30.9 Å². The minimum absolute atomic E-state index is 0.00617. The molecule has 98 valence electrons. The van der Waals surface area contributed by atoms with Gasteiger partial charge in [0.1, 0.15) is 12.4 Å². The van der Waals surface area contributed by atoms with Crippen LogP contribution >= 0.6 is 15.9 Å². The van der Waals surface area contributed by atoms with Crippen molar-refractivity contribution in [2.45, 2.75) is 13.0 Å². The molecule has 0 fully saturated rings. The summed E-state index contributed by atoms with van der Waals surface area (Å²) in [5, 5.41) is 8.59. The third kappa shape index (κ3) is 4.89. The molecule has 1 unspecified atom stereocenters. The molecular formula is C13H15BrO4. The van der Waals surface area contributed by atoms with E-state index >= 15 is 0 Å². The fourth-order valence-corrected chi connectivity index (χ4v) is 1.56. The summed E-state index contributed by atoms with van der Waals surface area (Å²) in [5.41, 5.74) is 0.750.